The van der Waals surface area contributed by atoms with E-state index in [9.17, 15) is 0 Å². The fourth-order valence-corrected chi connectivity index (χ4v) is 3.47. The predicted octanol–water partition coefficient (Wildman–Crippen LogP) is 0.862. The Bertz CT molecular complexity index is 320. The van der Waals surface area contributed by atoms with Gasteiger partial charge in [-0.15, -0.1) is 0 Å². The molecule has 2 nitrogen and oxygen atoms in total. The zero-order valence-corrected chi connectivity index (χ0v) is 11.7. The van der Waals surface area contributed by atoms with Gasteiger partial charge in [-0.25, -0.2) is 0 Å². The zero-order chi connectivity index (χ0) is 11.1. The fourth-order valence-electron chi connectivity index (χ4n) is 1.60. The molecule has 16 heavy (non-hydrogen) atoms. The summed E-state index contributed by atoms with van der Waals surface area (Å²) in [5.74, 6) is 0. The maximum absolute atomic E-state index is 5.32. The van der Waals surface area contributed by atoms with Gasteiger partial charge in [-0.1, -0.05) is 0 Å². The standard InChI is InChI=1S/C13H17NOTe/c1-2-5-13(6-3-1)16-12-4-7-14-8-10-15-11-9-14/h1-6,12H,7-11H2/b12-4-. The molecule has 1 aromatic carbocycles. The van der Waals surface area contributed by atoms with E-state index in [1.165, 1.54) is 3.61 Å². The van der Waals surface area contributed by atoms with Crippen molar-refractivity contribution in [1.82, 2.24) is 4.90 Å². The molecule has 0 radical (unpaired) electrons. The van der Waals surface area contributed by atoms with Crippen molar-refractivity contribution in [3.05, 3.63) is 40.5 Å². The predicted molar refractivity (Wildman–Crippen MR) is 68.2 cm³/mol. The average Bonchev–Trinajstić information content (AvgIpc) is 2.37. The van der Waals surface area contributed by atoms with Crippen molar-refractivity contribution in [3.63, 3.8) is 0 Å². The molecule has 1 aromatic rings. The Morgan fingerprint density at radius 1 is 1.19 bits per heavy atom. The summed E-state index contributed by atoms with van der Waals surface area (Å²) in [6, 6.07) is 10.8. The van der Waals surface area contributed by atoms with Gasteiger partial charge in [0.05, 0.1) is 0 Å². The summed E-state index contributed by atoms with van der Waals surface area (Å²) >= 11 is -0.118. The molecule has 1 aliphatic rings. The van der Waals surface area contributed by atoms with Crippen molar-refractivity contribution in [2.24, 2.45) is 0 Å². The van der Waals surface area contributed by atoms with Crippen LogP contribution in [-0.4, -0.2) is 58.7 Å². The molecule has 1 saturated heterocycles. The van der Waals surface area contributed by atoms with Gasteiger partial charge in [0.2, 0.25) is 0 Å². The van der Waals surface area contributed by atoms with Crippen molar-refractivity contribution in [2.75, 3.05) is 32.8 Å². The molecule has 1 heterocycles. The van der Waals surface area contributed by atoms with Gasteiger partial charge in [0.15, 0.2) is 0 Å². The second-order valence-electron chi connectivity index (χ2n) is 3.72. The number of benzene rings is 1. The van der Waals surface area contributed by atoms with Crippen LogP contribution in [0, 0.1) is 0 Å². The minimum absolute atomic E-state index is 0.118. The van der Waals surface area contributed by atoms with Crippen LogP contribution in [0.2, 0.25) is 0 Å². The Kier molecular flexibility index (Phi) is 5.37. The van der Waals surface area contributed by atoms with Crippen LogP contribution < -0.4 is 3.61 Å². The SMILES string of the molecule is C(=C/[Te]c1ccccc1)/CN1CCOCC1. The van der Waals surface area contributed by atoms with Crippen LogP contribution in [0.4, 0.5) is 0 Å². The molecule has 0 aliphatic carbocycles. The monoisotopic (exact) mass is 333 g/mol. The van der Waals surface area contributed by atoms with Crippen LogP contribution in [-0.2, 0) is 4.74 Å². The average molecular weight is 331 g/mol. The quantitative estimate of drug-likeness (QED) is 0.759. The summed E-state index contributed by atoms with van der Waals surface area (Å²) in [4.78, 5) is 2.44. The van der Waals surface area contributed by atoms with Crippen molar-refractivity contribution < 1.29 is 4.74 Å². The maximum atomic E-state index is 5.32. The van der Waals surface area contributed by atoms with E-state index in [4.69, 9.17) is 4.74 Å². The normalized spacial score (nSPS) is 18.0. The molecule has 0 N–H and O–H groups in total. The molecule has 2 rings (SSSR count). The molecule has 0 amide bonds. The van der Waals surface area contributed by atoms with Crippen molar-refractivity contribution >= 4 is 24.5 Å². The first-order valence-corrected chi connectivity index (χ1v) is 8.13. The van der Waals surface area contributed by atoms with E-state index in [0.29, 0.717) is 0 Å². The van der Waals surface area contributed by atoms with Gasteiger partial charge in [-0.2, -0.15) is 0 Å². The van der Waals surface area contributed by atoms with E-state index in [2.05, 4.69) is 45.4 Å². The van der Waals surface area contributed by atoms with Gasteiger partial charge in [-0.05, 0) is 0 Å². The Morgan fingerprint density at radius 2 is 1.94 bits per heavy atom. The van der Waals surface area contributed by atoms with Crippen LogP contribution in [0.15, 0.2) is 40.5 Å². The molecule has 1 fully saturated rings. The first-order valence-electron chi connectivity index (χ1n) is 5.62. The van der Waals surface area contributed by atoms with E-state index in [1.54, 1.807) is 0 Å². The molecule has 0 unspecified atom stereocenters. The number of morpholine rings is 1. The van der Waals surface area contributed by atoms with Crippen LogP contribution in [0.25, 0.3) is 0 Å². The third-order valence-electron chi connectivity index (χ3n) is 2.51. The fraction of sp³-hybridized carbons (Fsp3) is 0.385. The van der Waals surface area contributed by atoms with Gasteiger partial charge >= 0.3 is 108 Å². The number of rotatable bonds is 4. The van der Waals surface area contributed by atoms with Crippen molar-refractivity contribution in [1.29, 1.82) is 0 Å². The molecule has 0 bridgehead atoms. The zero-order valence-electron chi connectivity index (χ0n) is 9.34. The molecule has 86 valence electrons. The number of ether oxygens (including phenoxy) is 1. The van der Waals surface area contributed by atoms with Crippen LogP contribution in [0.3, 0.4) is 0 Å². The minimum atomic E-state index is -0.118. The van der Waals surface area contributed by atoms with E-state index < -0.39 is 0 Å². The Hall–Kier alpha value is -0.330. The summed E-state index contributed by atoms with van der Waals surface area (Å²) in [5, 5.41) is 0. The number of hydrogen-bond acceptors (Lipinski definition) is 2. The Labute approximate surface area is 107 Å². The second-order valence-corrected chi connectivity index (χ2v) is 6.51. The summed E-state index contributed by atoms with van der Waals surface area (Å²) < 4.78 is 9.21. The molecular formula is C13H17NOTe. The molecular weight excluding hydrogens is 314 g/mol. The summed E-state index contributed by atoms with van der Waals surface area (Å²) in [6.45, 7) is 5.03. The molecule has 3 heteroatoms. The summed E-state index contributed by atoms with van der Waals surface area (Å²) in [6.07, 6.45) is 2.32. The first-order chi connectivity index (χ1) is 7.95. The van der Waals surface area contributed by atoms with Crippen LogP contribution in [0.1, 0.15) is 0 Å². The van der Waals surface area contributed by atoms with E-state index >= 15 is 0 Å². The Balaban J connectivity index is 1.69. The van der Waals surface area contributed by atoms with E-state index in [1.807, 2.05) is 0 Å². The number of nitrogens with zero attached hydrogens (tertiary/aromatic N) is 1. The van der Waals surface area contributed by atoms with E-state index in [-0.39, 0.29) is 20.9 Å². The van der Waals surface area contributed by atoms with Gasteiger partial charge in [-0.3, -0.25) is 0 Å². The summed E-state index contributed by atoms with van der Waals surface area (Å²) in [5.41, 5.74) is 0. The summed E-state index contributed by atoms with van der Waals surface area (Å²) in [7, 11) is 0. The first kappa shape index (κ1) is 12.1. The third kappa shape index (κ3) is 4.27. The Morgan fingerprint density at radius 3 is 2.69 bits per heavy atom. The van der Waals surface area contributed by atoms with Gasteiger partial charge in [0.25, 0.3) is 0 Å². The molecule has 0 spiro atoms. The molecule has 0 aromatic heterocycles. The second kappa shape index (κ2) is 7.08. The van der Waals surface area contributed by atoms with Gasteiger partial charge in [0.1, 0.15) is 0 Å². The van der Waals surface area contributed by atoms with Crippen molar-refractivity contribution in [3.8, 4) is 0 Å². The third-order valence-corrected chi connectivity index (χ3v) is 5.00. The van der Waals surface area contributed by atoms with Crippen molar-refractivity contribution in [2.45, 2.75) is 0 Å². The number of hydrogen-bond donors (Lipinski definition) is 0. The molecule has 1 aliphatic heterocycles. The van der Waals surface area contributed by atoms with Crippen LogP contribution >= 0.6 is 0 Å². The van der Waals surface area contributed by atoms with Gasteiger partial charge in [0, 0.05) is 0 Å². The molecule has 0 saturated carbocycles. The van der Waals surface area contributed by atoms with E-state index in [0.717, 1.165) is 32.8 Å². The van der Waals surface area contributed by atoms with Crippen LogP contribution in [0.5, 0.6) is 0 Å². The van der Waals surface area contributed by atoms with Gasteiger partial charge < -0.3 is 0 Å². The topological polar surface area (TPSA) is 12.5 Å². The molecule has 0 atom stereocenters.